The highest BCUT2D eigenvalue weighted by molar-refractivity contribution is 7.90. The Bertz CT molecular complexity index is 1400. The molecule has 1 aliphatic heterocycles. The standard InChI is InChI=1S/C21H16ClF6N3O3S/c22-12-8-16(29-4-6-30(7-5-29)20(32)21(26,27)28)18-15(19(24)25)11-31(17(18)9-12)35(33,34)14-3-1-2-13(23)10-14/h1-3,8-11,19H,4-7H2. The fourth-order valence-electron chi connectivity index (χ4n) is 3.99. The number of fused-ring (bicyclic) bond motifs is 1. The van der Waals surface area contributed by atoms with Crippen LogP contribution in [0, 0.1) is 5.82 Å². The van der Waals surface area contributed by atoms with E-state index >= 15 is 0 Å². The number of halogens is 7. The number of nitrogens with zero attached hydrogens (tertiary/aromatic N) is 3. The predicted molar refractivity (Wildman–Crippen MR) is 116 cm³/mol. The fourth-order valence-corrected chi connectivity index (χ4v) is 5.59. The van der Waals surface area contributed by atoms with Gasteiger partial charge in [-0.2, -0.15) is 13.2 Å². The monoisotopic (exact) mass is 539 g/mol. The Morgan fingerprint density at radius 1 is 1.03 bits per heavy atom. The minimum atomic E-state index is -5.04. The van der Waals surface area contributed by atoms with Gasteiger partial charge in [0.2, 0.25) is 0 Å². The van der Waals surface area contributed by atoms with E-state index in [-0.39, 0.29) is 47.8 Å². The molecule has 35 heavy (non-hydrogen) atoms. The van der Waals surface area contributed by atoms with Crippen molar-refractivity contribution in [3.05, 3.63) is 59.0 Å². The minimum absolute atomic E-state index is 0.0177. The molecular formula is C21H16ClF6N3O3S. The molecule has 2 heterocycles. The van der Waals surface area contributed by atoms with Gasteiger partial charge < -0.3 is 9.80 Å². The van der Waals surface area contributed by atoms with Gasteiger partial charge in [-0.05, 0) is 30.3 Å². The second-order valence-electron chi connectivity index (χ2n) is 7.74. The zero-order chi connectivity index (χ0) is 25.7. The highest BCUT2D eigenvalue weighted by atomic mass is 35.5. The van der Waals surface area contributed by atoms with Crippen molar-refractivity contribution in [3.63, 3.8) is 0 Å². The zero-order valence-electron chi connectivity index (χ0n) is 17.6. The van der Waals surface area contributed by atoms with Crippen LogP contribution in [0.15, 0.2) is 47.5 Å². The number of carbonyl (C=O) groups is 1. The lowest BCUT2D eigenvalue weighted by atomic mass is 10.1. The molecule has 4 rings (SSSR count). The summed E-state index contributed by atoms with van der Waals surface area (Å²) in [7, 11) is -4.51. The molecule has 1 aliphatic rings. The Labute approximate surface area is 200 Å². The molecule has 0 unspecified atom stereocenters. The molecule has 0 spiro atoms. The first-order chi connectivity index (χ1) is 16.3. The molecule has 0 N–H and O–H groups in total. The van der Waals surface area contributed by atoms with Crippen LogP contribution < -0.4 is 4.90 Å². The molecule has 0 aliphatic carbocycles. The number of rotatable bonds is 4. The van der Waals surface area contributed by atoms with Gasteiger partial charge in [0.25, 0.3) is 16.4 Å². The number of aromatic nitrogens is 1. The van der Waals surface area contributed by atoms with Gasteiger partial charge in [-0.15, -0.1) is 0 Å². The Morgan fingerprint density at radius 2 is 1.69 bits per heavy atom. The van der Waals surface area contributed by atoms with Crippen LogP contribution in [-0.2, 0) is 14.8 Å². The smallest absolute Gasteiger partial charge is 0.367 e. The summed E-state index contributed by atoms with van der Waals surface area (Å²) in [6.07, 6.45) is -7.44. The van der Waals surface area contributed by atoms with Crippen LogP contribution >= 0.6 is 11.6 Å². The summed E-state index contributed by atoms with van der Waals surface area (Å²) in [6.45, 7) is -0.944. The van der Waals surface area contributed by atoms with E-state index in [2.05, 4.69) is 0 Å². The summed E-state index contributed by atoms with van der Waals surface area (Å²) in [5.41, 5.74) is -0.781. The average Bonchev–Trinajstić information content (AvgIpc) is 3.18. The maximum absolute atomic E-state index is 14.0. The summed E-state index contributed by atoms with van der Waals surface area (Å²) >= 11 is 6.17. The number of alkyl halides is 5. The van der Waals surface area contributed by atoms with Crippen LogP contribution in [-0.4, -0.2) is 55.6 Å². The van der Waals surface area contributed by atoms with Gasteiger partial charge in [0, 0.05) is 54.0 Å². The second kappa shape index (κ2) is 8.94. The van der Waals surface area contributed by atoms with E-state index in [0.29, 0.717) is 8.87 Å². The molecule has 1 fully saturated rings. The second-order valence-corrected chi connectivity index (χ2v) is 9.99. The van der Waals surface area contributed by atoms with Crippen LogP contribution in [0.3, 0.4) is 0 Å². The van der Waals surface area contributed by atoms with E-state index in [9.17, 15) is 39.6 Å². The first kappa shape index (κ1) is 25.2. The van der Waals surface area contributed by atoms with E-state index < -0.39 is 44.8 Å². The summed E-state index contributed by atoms with van der Waals surface area (Å²) < 4.78 is 107. The van der Waals surface area contributed by atoms with Crippen LogP contribution in [0.25, 0.3) is 10.9 Å². The third-order valence-electron chi connectivity index (χ3n) is 5.58. The molecule has 188 valence electrons. The lowest BCUT2D eigenvalue weighted by Crippen LogP contribution is -2.52. The molecule has 0 saturated carbocycles. The van der Waals surface area contributed by atoms with E-state index in [1.807, 2.05) is 0 Å². The van der Waals surface area contributed by atoms with Gasteiger partial charge in [-0.1, -0.05) is 17.7 Å². The van der Waals surface area contributed by atoms with E-state index in [0.717, 1.165) is 36.5 Å². The lowest BCUT2D eigenvalue weighted by Gasteiger charge is -2.36. The molecule has 1 aromatic heterocycles. The molecule has 1 amide bonds. The topological polar surface area (TPSA) is 62.6 Å². The predicted octanol–water partition coefficient (Wildman–Crippen LogP) is 4.82. The van der Waals surface area contributed by atoms with Gasteiger partial charge in [-0.3, -0.25) is 4.79 Å². The minimum Gasteiger partial charge on any atom is -0.367 e. The molecule has 3 aromatic rings. The van der Waals surface area contributed by atoms with Gasteiger partial charge in [-0.25, -0.2) is 25.6 Å². The highest BCUT2D eigenvalue weighted by Gasteiger charge is 2.43. The van der Waals surface area contributed by atoms with Crippen molar-refractivity contribution in [2.24, 2.45) is 0 Å². The van der Waals surface area contributed by atoms with Crippen LogP contribution in [0.4, 0.5) is 32.0 Å². The third kappa shape index (κ3) is 4.66. The number of hydrogen-bond donors (Lipinski definition) is 0. The zero-order valence-corrected chi connectivity index (χ0v) is 19.1. The number of amides is 1. The number of benzene rings is 2. The first-order valence-electron chi connectivity index (χ1n) is 10.1. The molecule has 2 aromatic carbocycles. The van der Waals surface area contributed by atoms with Crippen molar-refractivity contribution in [2.45, 2.75) is 17.5 Å². The number of carbonyl (C=O) groups excluding carboxylic acids is 1. The molecule has 0 bridgehead atoms. The van der Waals surface area contributed by atoms with Gasteiger partial charge in [0.15, 0.2) is 0 Å². The lowest BCUT2D eigenvalue weighted by molar-refractivity contribution is -0.185. The largest absolute Gasteiger partial charge is 0.471 e. The molecule has 0 radical (unpaired) electrons. The van der Waals surface area contributed by atoms with Crippen molar-refractivity contribution >= 4 is 44.1 Å². The van der Waals surface area contributed by atoms with Crippen molar-refractivity contribution in [1.29, 1.82) is 0 Å². The summed E-state index contributed by atoms with van der Waals surface area (Å²) in [5, 5.41) is -0.184. The number of piperazine rings is 1. The molecule has 14 heteroatoms. The van der Waals surface area contributed by atoms with Crippen LogP contribution in [0.5, 0.6) is 0 Å². The summed E-state index contributed by atoms with van der Waals surface area (Å²) in [6, 6.07) is 6.49. The Morgan fingerprint density at radius 3 is 2.26 bits per heavy atom. The maximum Gasteiger partial charge on any atom is 0.471 e. The first-order valence-corrected chi connectivity index (χ1v) is 11.9. The van der Waals surface area contributed by atoms with Crippen molar-refractivity contribution < 1.29 is 39.6 Å². The highest BCUT2D eigenvalue weighted by Crippen LogP contribution is 2.40. The average molecular weight is 540 g/mol. The quantitative estimate of drug-likeness (QED) is 0.446. The van der Waals surface area contributed by atoms with Crippen molar-refractivity contribution in [1.82, 2.24) is 8.87 Å². The van der Waals surface area contributed by atoms with Crippen LogP contribution in [0.2, 0.25) is 5.02 Å². The summed E-state index contributed by atoms with van der Waals surface area (Å²) in [5.74, 6) is -2.85. The SMILES string of the molecule is O=C(N1CCN(c2cc(Cl)cc3c2c(C(F)F)cn3S(=O)(=O)c2cccc(F)c2)CC1)C(F)(F)F. The fraction of sp³-hybridized carbons (Fsp3) is 0.286. The van der Waals surface area contributed by atoms with E-state index in [1.54, 1.807) is 0 Å². The Hall–Kier alpha value is -2.93. The maximum atomic E-state index is 14.0. The molecule has 0 atom stereocenters. The van der Waals surface area contributed by atoms with Crippen molar-refractivity contribution in [2.75, 3.05) is 31.1 Å². The third-order valence-corrected chi connectivity index (χ3v) is 7.47. The van der Waals surface area contributed by atoms with Crippen LogP contribution in [0.1, 0.15) is 12.0 Å². The van der Waals surface area contributed by atoms with Gasteiger partial charge in [0.1, 0.15) is 5.82 Å². The van der Waals surface area contributed by atoms with Gasteiger partial charge in [0.05, 0.1) is 10.4 Å². The number of hydrogen-bond acceptors (Lipinski definition) is 4. The van der Waals surface area contributed by atoms with Gasteiger partial charge >= 0.3 is 12.1 Å². The molecule has 1 saturated heterocycles. The van der Waals surface area contributed by atoms with E-state index in [4.69, 9.17) is 11.6 Å². The molecular weight excluding hydrogens is 524 g/mol. The normalized spacial score (nSPS) is 15.3. The summed E-state index contributed by atoms with van der Waals surface area (Å²) in [4.78, 5) is 13.1. The Kier molecular flexibility index (Phi) is 6.43. The van der Waals surface area contributed by atoms with Crippen molar-refractivity contribution in [3.8, 4) is 0 Å². The Balaban J connectivity index is 1.81. The molecule has 6 nitrogen and oxygen atoms in total. The van der Waals surface area contributed by atoms with E-state index in [1.165, 1.54) is 11.0 Å². The number of anilines is 1.